The van der Waals surface area contributed by atoms with Crippen molar-refractivity contribution in [2.45, 2.75) is 32.2 Å². The second-order valence-corrected chi connectivity index (χ2v) is 5.88. The molecule has 0 bridgehead atoms. The highest BCUT2D eigenvalue weighted by Gasteiger charge is 2.21. The highest BCUT2D eigenvalue weighted by molar-refractivity contribution is 5.97. The molecule has 0 saturated carbocycles. The normalized spacial score (nSPS) is 16.3. The maximum absolute atomic E-state index is 12.5. The Kier molecular flexibility index (Phi) is 4.42. The Hall–Kier alpha value is -2.62. The van der Waals surface area contributed by atoms with E-state index in [9.17, 15) is 9.59 Å². The predicted octanol–water partition coefficient (Wildman–Crippen LogP) is 3.45. The van der Waals surface area contributed by atoms with Crippen molar-refractivity contribution in [1.82, 2.24) is 5.32 Å². The number of carbonyl (C=O) groups excluding carboxylic acids is 2. The lowest BCUT2D eigenvalue weighted by Crippen LogP contribution is -2.31. The van der Waals surface area contributed by atoms with Crippen molar-refractivity contribution in [3.05, 3.63) is 65.2 Å². The fraction of sp³-hybridized carbons (Fsp3) is 0.263. The van der Waals surface area contributed by atoms with Gasteiger partial charge in [0, 0.05) is 18.2 Å². The third-order valence-electron chi connectivity index (χ3n) is 4.12. The van der Waals surface area contributed by atoms with Crippen molar-refractivity contribution < 1.29 is 9.59 Å². The highest BCUT2D eigenvalue weighted by atomic mass is 16.2. The molecule has 4 nitrogen and oxygen atoms in total. The number of carbonyl (C=O) groups is 2. The van der Waals surface area contributed by atoms with Gasteiger partial charge in [0.2, 0.25) is 5.91 Å². The number of benzene rings is 2. The Labute approximate surface area is 135 Å². The van der Waals surface area contributed by atoms with Crippen LogP contribution in [0.2, 0.25) is 0 Å². The zero-order valence-electron chi connectivity index (χ0n) is 13.1. The molecule has 23 heavy (non-hydrogen) atoms. The third-order valence-corrected chi connectivity index (χ3v) is 4.12. The van der Waals surface area contributed by atoms with Gasteiger partial charge in [0.15, 0.2) is 0 Å². The second-order valence-electron chi connectivity index (χ2n) is 5.88. The van der Waals surface area contributed by atoms with Crippen LogP contribution in [0.1, 0.15) is 47.3 Å². The minimum Gasteiger partial charge on any atom is -0.345 e. The van der Waals surface area contributed by atoms with Crippen LogP contribution >= 0.6 is 0 Å². The van der Waals surface area contributed by atoms with Gasteiger partial charge in [-0.15, -0.1) is 0 Å². The quantitative estimate of drug-likeness (QED) is 0.912. The van der Waals surface area contributed by atoms with Crippen LogP contribution in [0.25, 0.3) is 0 Å². The number of aryl methyl sites for hydroxylation is 1. The number of anilines is 1. The molecule has 0 heterocycles. The standard InChI is InChI=1S/C19H20N2O2/c1-13(22)20-16-9-4-8-15(12-16)19(23)21-18-11-5-7-14-6-2-3-10-17(14)18/h2-4,6,8-10,12,18H,5,7,11H2,1H3,(H,20,22)(H,21,23)/t18-/m0/s1. The number of hydrogen-bond acceptors (Lipinski definition) is 2. The maximum atomic E-state index is 12.5. The molecule has 0 aromatic heterocycles. The molecule has 3 rings (SSSR count). The molecule has 1 atom stereocenters. The molecule has 2 N–H and O–H groups in total. The first-order valence-electron chi connectivity index (χ1n) is 7.90. The van der Waals surface area contributed by atoms with Crippen LogP contribution in [-0.4, -0.2) is 11.8 Å². The molecule has 0 fully saturated rings. The van der Waals surface area contributed by atoms with Crippen LogP contribution in [0.5, 0.6) is 0 Å². The minimum absolute atomic E-state index is 0.0527. The van der Waals surface area contributed by atoms with Crippen LogP contribution in [0.15, 0.2) is 48.5 Å². The SMILES string of the molecule is CC(=O)Nc1cccc(C(=O)N[C@H]2CCCc3ccccc32)c1. The zero-order chi connectivity index (χ0) is 16.2. The molecule has 0 aliphatic heterocycles. The largest absolute Gasteiger partial charge is 0.345 e. The average Bonchev–Trinajstić information content (AvgIpc) is 2.55. The number of hydrogen-bond donors (Lipinski definition) is 2. The van der Waals surface area contributed by atoms with Gasteiger partial charge in [-0.05, 0) is 48.6 Å². The molecule has 1 aliphatic carbocycles. The molecule has 4 heteroatoms. The molecule has 2 aromatic carbocycles. The van der Waals surface area contributed by atoms with E-state index in [1.54, 1.807) is 24.3 Å². The summed E-state index contributed by atoms with van der Waals surface area (Å²) in [5, 5.41) is 5.82. The lowest BCUT2D eigenvalue weighted by Gasteiger charge is -2.26. The van der Waals surface area contributed by atoms with E-state index in [-0.39, 0.29) is 17.9 Å². The Balaban J connectivity index is 1.76. The fourth-order valence-electron chi connectivity index (χ4n) is 3.09. The molecule has 2 amide bonds. The van der Waals surface area contributed by atoms with Gasteiger partial charge in [-0.25, -0.2) is 0 Å². The van der Waals surface area contributed by atoms with Gasteiger partial charge in [-0.1, -0.05) is 30.3 Å². The van der Waals surface area contributed by atoms with E-state index in [1.807, 2.05) is 12.1 Å². The van der Waals surface area contributed by atoms with Crippen molar-refractivity contribution >= 4 is 17.5 Å². The molecule has 118 valence electrons. The lowest BCUT2D eigenvalue weighted by molar-refractivity contribution is -0.114. The lowest BCUT2D eigenvalue weighted by atomic mass is 9.87. The molecular weight excluding hydrogens is 288 g/mol. The number of nitrogens with one attached hydrogen (secondary N) is 2. The number of amides is 2. The van der Waals surface area contributed by atoms with E-state index in [2.05, 4.69) is 22.8 Å². The maximum Gasteiger partial charge on any atom is 0.251 e. The van der Waals surface area contributed by atoms with Crippen molar-refractivity contribution in [3.8, 4) is 0 Å². The number of fused-ring (bicyclic) bond motifs is 1. The first kappa shape index (κ1) is 15.3. The first-order chi connectivity index (χ1) is 11.1. The molecule has 0 saturated heterocycles. The summed E-state index contributed by atoms with van der Waals surface area (Å²) < 4.78 is 0. The van der Waals surface area contributed by atoms with Crippen LogP contribution in [0, 0.1) is 0 Å². The van der Waals surface area contributed by atoms with E-state index in [0.29, 0.717) is 11.3 Å². The van der Waals surface area contributed by atoms with Crippen molar-refractivity contribution in [3.63, 3.8) is 0 Å². The third kappa shape index (κ3) is 3.59. The highest BCUT2D eigenvalue weighted by Crippen LogP contribution is 2.29. The van der Waals surface area contributed by atoms with Gasteiger partial charge in [-0.2, -0.15) is 0 Å². The molecule has 2 aromatic rings. The molecule has 1 aliphatic rings. The van der Waals surface area contributed by atoms with Crippen molar-refractivity contribution in [2.75, 3.05) is 5.32 Å². The van der Waals surface area contributed by atoms with Crippen LogP contribution in [0.4, 0.5) is 5.69 Å². The molecule has 0 spiro atoms. The first-order valence-corrected chi connectivity index (χ1v) is 7.90. The van der Waals surface area contributed by atoms with Crippen LogP contribution in [-0.2, 0) is 11.2 Å². The van der Waals surface area contributed by atoms with Crippen molar-refractivity contribution in [2.24, 2.45) is 0 Å². The Morgan fingerprint density at radius 2 is 1.91 bits per heavy atom. The Bertz CT molecular complexity index is 740. The minimum atomic E-state index is -0.149. The van der Waals surface area contributed by atoms with Gasteiger partial charge >= 0.3 is 0 Å². The van der Waals surface area contributed by atoms with Gasteiger partial charge in [0.05, 0.1) is 6.04 Å². The van der Waals surface area contributed by atoms with E-state index in [0.717, 1.165) is 19.3 Å². The summed E-state index contributed by atoms with van der Waals surface area (Å²) in [6, 6.07) is 15.3. The van der Waals surface area contributed by atoms with E-state index < -0.39 is 0 Å². The monoisotopic (exact) mass is 308 g/mol. The van der Waals surface area contributed by atoms with Crippen LogP contribution < -0.4 is 10.6 Å². The Morgan fingerprint density at radius 1 is 1.09 bits per heavy atom. The molecular formula is C19H20N2O2. The zero-order valence-corrected chi connectivity index (χ0v) is 13.1. The Morgan fingerprint density at radius 3 is 2.74 bits per heavy atom. The summed E-state index contributed by atoms with van der Waals surface area (Å²) in [6.45, 7) is 1.45. The smallest absolute Gasteiger partial charge is 0.251 e. The summed E-state index contributed by atoms with van der Waals surface area (Å²) in [5.74, 6) is -0.261. The van der Waals surface area contributed by atoms with E-state index >= 15 is 0 Å². The van der Waals surface area contributed by atoms with Gasteiger partial charge in [-0.3, -0.25) is 9.59 Å². The number of rotatable bonds is 3. The topological polar surface area (TPSA) is 58.2 Å². The summed E-state index contributed by atoms with van der Waals surface area (Å²) in [6.07, 6.45) is 3.10. The fourth-order valence-corrected chi connectivity index (χ4v) is 3.09. The van der Waals surface area contributed by atoms with Gasteiger partial charge < -0.3 is 10.6 Å². The predicted molar refractivity (Wildman–Crippen MR) is 90.3 cm³/mol. The molecule has 0 radical (unpaired) electrons. The van der Waals surface area contributed by atoms with E-state index in [4.69, 9.17) is 0 Å². The van der Waals surface area contributed by atoms with Gasteiger partial charge in [0.1, 0.15) is 0 Å². The molecule has 0 unspecified atom stereocenters. The summed E-state index contributed by atoms with van der Waals surface area (Å²) in [7, 11) is 0. The summed E-state index contributed by atoms with van der Waals surface area (Å²) >= 11 is 0. The summed E-state index contributed by atoms with van der Waals surface area (Å²) in [4.78, 5) is 23.7. The average molecular weight is 308 g/mol. The van der Waals surface area contributed by atoms with E-state index in [1.165, 1.54) is 18.1 Å². The van der Waals surface area contributed by atoms with Crippen molar-refractivity contribution in [1.29, 1.82) is 0 Å². The summed E-state index contributed by atoms with van der Waals surface area (Å²) in [5.41, 5.74) is 3.72. The second kappa shape index (κ2) is 6.65. The van der Waals surface area contributed by atoms with Crippen LogP contribution in [0.3, 0.4) is 0 Å². The van der Waals surface area contributed by atoms with Gasteiger partial charge in [0.25, 0.3) is 5.91 Å².